The van der Waals surface area contributed by atoms with Gasteiger partial charge >= 0.3 is 0 Å². The van der Waals surface area contributed by atoms with Gasteiger partial charge in [-0.3, -0.25) is 4.79 Å². The smallest absolute Gasteiger partial charge is 0.251 e. The molecule has 0 heterocycles. The summed E-state index contributed by atoms with van der Waals surface area (Å²) in [7, 11) is 1.55. The van der Waals surface area contributed by atoms with E-state index in [4.69, 9.17) is 15.6 Å². The second kappa shape index (κ2) is 7.35. The topological polar surface area (TPSA) is 84.6 Å². The van der Waals surface area contributed by atoms with Crippen molar-refractivity contribution in [2.45, 2.75) is 12.5 Å². The Hall–Kier alpha value is -1.11. The molecule has 0 saturated carbocycles. The zero-order valence-corrected chi connectivity index (χ0v) is 11.7. The molecule has 0 aliphatic heterocycles. The number of aliphatic hydroxyl groups excluding tert-OH is 1. The molecule has 0 aliphatic carbocycles. The molecule has 5 nitrogen and oxygen atoms in total. The predicted molar refractivity (Wildman–Crippen MR) is 73.4 cm³/mol. The fraction of sp³-hybridized carbons (Fsp3) is 0.417. The average molecular weight is 317 g/mol. The quantitative estimate of drug-likeness (QED) is 0.688. The zero-order valence-electron chi connectivity index (χ0n) is 10.1. The minimum Gasteiger partial charge on any atom is -0.398 e. The van der Waals surface area contributed by atoms with Crippen molar-refractivity contribution in [1.82, 2.24) is 5.32 Å². The van der Waals surface area contributed by atoms with Crippen LogP contribution >= 0.6 is 15.9 Å². The van der Waals surface area contributed by atoms with Crippen LogP contribution in [0.4, 0.5) is 5.69 Å². The molecule has 0 radical (unpaired) electrons. The summed E-state index contributed by atoms with van der Waals surface area (Å²) in [6.45, 7) is 0.363. The van der Waals surface area contributed by atoms with Crippen LogP contribution in [0, 0.1) is 0 Å². The van der Waals surface area contributed by atoms with E-state index in [1.54, 1.807) is 25.3 Å². The number of carbonyl (C=O) groups excluding carboxylic acids is 1. The fourth-order valence-corrected chi connectivity index (χ4v) is 1.87. The summed E-state index contributed by atoms with van der Waals surface area (Å²) >= 11 is 3.27. The Morgan fingerprint density at radius 2 is 2.33 bits per heavy atom. The number of hydrogen-bond acceptors (Lipinski definition) is 4. The third-order valence-corrected chi connectivity index (χ3v) is 3.13. The van der Waals surface area contributed by atoms with Crippen LogP contribution in [0.15, 0.2) is 22.7 Å². The third-order valence-electron chi connectivity index (χ3n) is 2.44. The predicted octanol–water partition coefficient (Wildman–Crippen LogP) is 1.16. The average Bonchev–Trinajstić information content (AvgIpc) is 2.33. The van der Waals surface area contributed by atoms with E-state index in [1.165, 1.54) is 0 Å². The summed E-state index contributed by atoms with van der Waals surface area (Å²) < 4.78 is 5.66. The maximum absolute atomic E-state index is 12.0. The first-order chi connectivity index (χ1) is 8.58. The minimum absolute atomic E-state index is 0.000259. The summed E-state index contributed by atoms with van der Waals surface area (Å²) in [4.78, 5) is 12.0. The Morgan fingerprint density at radius 1 is 1.61 bits per heavy atom. The number of nitrogen functional groups attached to an aromatic ring is 1. The minimum atomic E-state index is -0.216. The SMILES string of the molecule is COCC(CCO)NC(=O)c1ccc(N)c(Br)c1. The van der Waals surface area contributed by atoms with Crippen LogP contribution in [0.25, 0.3) is 0 Å². The van der Waals surface area contributed by atoms with Gasteiger partial charge < -0.3 is 20.9 Å². The van der Waals surface area contributed by atoms with Gasteiger partial charge in [-0.25, -0.2) is 0 Å². The number of ether oxygens (including phenoxy) is 1. The normalized spacial score (nSPS) is 12.2. The van der Waals surface area contributed by atoms with Gasteiger partial charge in [-0.05, 0) is 40.5 Å². The van der Waals surface area contributed by atoms with E-state index in [1.807, 2.05) is 0 Å². The molecule has 1 rings (SSSR count). The lowest BCUT2D eigenvalue weighted by molar-refractivity contribution is 0.0878. The Morgan fingerprint density at radius 3 is 2.89 bits per heavy atom. The number of nitrogens with one attached hydrogen (secondary N) is 1. The lowest BCUT2D eigenvalue weighted by atomic mass is 10.1. The van der Waals surface area contributed by atoms with E-state index in [9.17, 15) is 4.79 Å². The molecule has 0 bridgehead atoms. The number of benzene rings is 1. The molecule has 18 heavy (non-hydrogen) atoms. The van der Waals surface area contributed by atoms with Gasteiger partial charge in [-0.2, -0.15) is 0 Å². The van der Waals surface area contributed by atoms with Crippen molar-refractivity contribution in [3.05, 3.63) is 28.2 Å². The summed E-state index contributed by atoms with van der Waals surface area (Å²) in [6.07, 6.45) is 0.454. The molecule has 0 aromatic heterocycles. The molecule has 0 fully saturated rings. The lowest BCUT2D eigenvalue weighted by Crippen LogP contribution is -2.38. The van der Waals surface area contributed by atoms with Gasteiger partial charge in [0.15, 0.2) is 0 Å². The third kappa shape index (κ3) is 4.29. The summed E-state index contributed by atoms with van der Waals surface area (Å²) in [6, 6.07) is 4.77. The monoisotopic (exact) mass is 316 g/mol. The van der Waals surface area contributed by atoms with E-state index < -0.39 is 0 Å². The summed E-state index contributed by atoms with van der Waals surface area (Å²) in [5, 5.41) is 11.7. The van der Waals surface area contributed by atoms with Gasteiger partial charge in [-0.1, -0.05) is 0 Å². The Kier molecular flexibility index (Phi) is 6.11. The van der Waals surface area contributed by atoms with Gasteiger partial charge in [0.1, 0.15) is 0 Å². The van der Waals surface area contributed by atoms with Crippen LogP contribution in [0.2, 0.25) is 0 Å². The summed E-state index contributed by atoms with van der Waals surface area (Å²) in [5.74, 6) is -0.216. The fourth-order valence-electron chi connectivity index (χ4n) is 1.49. The highest BCUT2D eigenvalue weighted by Gasteiger charge is 2.13. The number of aliphatic hydroxyl groups is 1. The highest BCUT2D eigenvalue weighted by atomic mass is 79.9. The van der Waals surface area contributed by atoms with Crippen LogP contribution < -0.4 is 11.1 Å². The second-order valence-corrected chi connectivity index (χ2v) is 4.73. The van der Waals surface area contributed by atoms with Crippen molar-refractivity contribution in [1.29, 1.82) is 0 Å². The molecule has 4 N–H and O–H groups in total. The number of methoxy groups -OCH3 is 1. The standard InChI is InChI=1S/C12H17BrN2O3/c1-18-7-9(4-5-16)15-12(17)8-2-3-11(14)10(13)6-8/h2-3,6,9,16H,4-5,7,14H2,1H3,(H,15,17). The van der Waals surface area contributed by atoms with E-state index in [2.05, 4.69) is 21.2 Å². The van der Waals surface area contributed by atoms with E-state index in [-0.39, 0.29) is 18.6 Å². The first kappa shape index (κ1) is 14.9. The molecule has 1 aromatic rings. The molecule has 0 spiro atoms. The van der Waals surface area contributed by atoms with E-state index in [0.717, 1.165) is 0 Å². The molecule has 1 atom stereocenters. The van der Waals surface area contributed by atoms with Crippen LogP contribution in [0.5, 0.6) is 0 Å². The van der Waals surface area contributed by atoms with Crippen molar-refractivity contribution in [2.24, 2.45) is 0 Å². The molecular formula is C12H17BrN2O3. The molecule has 100 valence electrons. The Bertz CT molecular complexity index is 406. The van der Waals surface area contributed by atoms with Crippen molar-refractivity contribution in [3.63, 3.8) is 0 Å². The number of rotatable bonds is 6. The maximum atomic E-state index is 12.0. The zero-order chi connectivity index (χ0) is 13.5. The molecule has 1 unspecified atom stereocenters. The van der Waals surface area contributed by atoms with Gasteiger partial charge in [0.2, 0.25) is 0 Å². The Balaban J connectivity index is 2.70. The van der Waals surface area contributed by atoms with E-state index in [0.29, 0.717) is 28.8 Å². The number of halogens is 1. The Labute approximate surface area is 114 Å². The lowest BCUT2D eigenvalue weighted by Gasteiger charge is -2.17. The van der Waals surface area contributed by atoms with E-state index >= 15 is 0 Å². The molecule has 0 aliphatic rings. The first-order valence-electron chi connectivity index (χ1n) is 5.54. The number of amides is 1. The molecular weight excluding hydrogens is 300 g/mol. The maximum Gasteiger partial charge on any atom is 0.251 e. The van der Waals surface area contributed by atoms with Crippen molar-refractivity contribution < 1.29 is 14.6 Å². The first-order valence-corrected chi connectivity index (χ1v) is 6.33. The molecule has 0 saturated heterocycles. The largest absolute Gasteiger partial charge is 0.398 e. The summed E-state index contributed by atoms with van der Waals surface area (Å²) in [5.41, 5.74) is 6.74. The highest BCUT2D eigenvalue weighted by Crippen LogP contribution is 2.20. The van der Waals surface area contributed by atoms with Gasteiger partial charge in [0, 0.05) is 29.4 Å². The number of anilines is 1. The molecule has 1 amide bonds. The van der Waals surface area contributed by atoms with Gasteiger partial charge in [-0.15, -0.1) is 0 Å². The number of hydrogen-bond donors (Lipinski definition) is 3. The van der Waals surface area contributed by atoms with Gasteiger partial charge in [0.05, 0.1) is 12.6 Å². The molecule has 1 aromatic carbocycles. The highest BCUT2D eigenvalue weighted by molar-refractivity contribution is 9.10. The van der Waals surface area contributed by atoms with Crippen molar-refractivity contribution in [2.75, 3.05) is 26.1 Å². The second-order valence-electron chi connectivity index (χ2n) is 3.87. The van der Waals surface area contributed by atoms with Crippen LogP contribution in [-0.4, -0.2) is 37.4 Å². The number of nitrogens with two attached hydrogens (primary N) is 1. The van der Waals surface area contributed by atoms with Crippen LogP contribution in [-0.2, 0) is 4.74 Å². The number of carbonyl (C=O) groups is 1. The van der Waals surface area contributed by atoms with Crippen LogP contribution in [0.1, 0.15) is 16.8 Å². The van der Waals surface area contributed by atoms with Gasteiger partial charge in [0.25, 0.3) is 5.91 Å². The van der Waals surface area contributed by atoms with Crippen molar-refractivity contribution in [3.8, 4) is 0 Å². The van der Waals surface area contributed by atoms with Crippen LogP contribution in [0.3, 0.4) is 0 Å². The molecule has 6 heteroatoms. The van der Waals surface area contributed by atoms with Crippen molar-refractivity contribution >= 4 is 27.5 Å².